The van der Waals surface area contributed by atoms with Crippen molar-refractivity contribution in [2.45, 2.75) is 38.0 Å². The lowest BCUT2D eigenvalue weighted by molar-refractivity contribution is 0.0535. The van der Waals surface area contributed by atoms with E-state index in [0.717, 1.165) is 16.6 Å². The van der Waals surface area contributed by atoms with Gasteiger partial charge in [-0.1, -0.05) is 31.4 Å². The molecule has 1 N–H and O–H groups in total. The molecule has 0 unspecified atom stereocenters. The molecule has 0 atom stereocenters. The van der Waals surface area contributed by atoms with E-state index in [4.69, 9.17) is 0 Å². The molecule has 0 bridgehead atoms. The normalized spacial score (nSPS) is 17.8. The number of carbonyl (C=O) groups is 2. The van der Waals surface area contributed by atoms with Crippen LogP contribution >= 0.6 is 0 Å². The van der Waals surface area contributed by atoms with Gasteiger partial charge in [-0.05, 0) is 54.7 Å². The molecule has 2 amide bonds. The number of imidazole rings is 1. The summed E-state index contributed by atoms with van der Waals surface area (Å²) in [7, 11) is 0. The summed E-state index contributed by atoms with van der Waals surface area (Å²) in [5.74, 6) is 0.704. The molecule has 5 rings (SSSR count). The third-order valence-electron chi connectivity index (χ3n) is 6.76. The summed E-state index contributed by atoms with van der Waals surface area (Å²) in [6.07, 6.45) is 8.12. The quantitative estimate of drug-likeness (QED) is 0.695. The molecule has 0 radical (unpaired) electrons. The highest BCUT2D eigenvalue weighted by atomic mass is 16.2. The lowest BCUT2D eigenvalue weighted by atomic mass is 9.84. The van der Waals surface area contributed by atoms with Crippen LogP contribution in [0.5, 0.6) is 0 Å². The number of rotatable bonds is 3. The van der Waals surface area contributed by atoms with Crippen molar-refractivity contribution in [2.24, 2.45) is 0 Å². The lowest BCUT2D eigenvalue weighted by Gasteiger charge is -2.35. The van der Waals surface area contributed by atoms with E-state index >= 15 is 0 Å². The fraction of sp³-hybridized carbons (Fsp3) is 0.400. The van der Waals surface area contributed by atoms with Crippen LogP contribution in [0.2, 0.25) is 0 Å². The fourth-order valence-electron chi connectivity index (χ4n) is 4.88. The molecule has 2 fully saturated rings. The molecule has 1 aliphatic carbocycles. The summed E-state index contributed by atoms with van der Waals surface area (Å²) in [4.78, 5) is 36.8. The third kappa shape index (κ3) is 4.07. The van der Waals surface area contributed by atoms with Crippen LogP contribution in [-0.2, 0) is 0 Å². The Balaban J connectivity index is 1.19. The standard InChI is InChI=1S/C25H28N4O2/c30-24(20-8-6-19(7-9-20)18-4-2-1-3-5-18)28-12-14-29(15-13-28)25(31)21-10-11-22-23(16-21)27-17-26-22/h6-11,16-18H,1-5,12-15H2,(H,26,27). The zero-order valence-corrected chi connectivity index (χ0v) is 17.7. The molecular weight excluding hydrogens is 388 g/mol. The molecule has 2 aliphatic rings. The maximum Gasteiger partial charge on any atom is 0.254 e. The Labute approximate surface area is 182 Å². The number of nitrogens with zero attached hydrogens (tertiary/aromatic N) is 3. The van der Waals surface area contributed by atoms with Crippen molar-refractivity contribution in [2.75, 3.05) is 26.2 Å². The number of nitrogens with one attached hydrogen (secondary N) is 1. The van der Waals surface area contributed by atoms with Crippen LogP contribution in [0.1, 0.15) is 64.3 Å². The molecule has 31 heavy (non-hydrogen) atoms. The maximum absolute atomic E-state index is 13.0. The molecular formula is C25H28N4O2. The van der Waals surface area contributed by atoms with Crippen molar-refractivity contribution in [1.82, 2.24) is 19.8 Å². The summed E-state index contributed by atoms with van der Waals surface area (Å²) >= 11 is 0. The number of amides is 2. The van der Waals surface area contributed by atoms with Gasteiger partial charge in [0.2, 0.25) is 0 Å². The Morgan fingerprint density at radius 3 is 2.10 bits per heavy atom. The third-order valence-corrected chi connectivity index (χ3v) is 6.76. The van der Waals surface area contributed by atoms with E-state index in [-0.39, 0.29) is 11.8 Å². The molecule has 6 nitrogen and oxygen atoms in total. The van der Waals surface area contributed by atoms with Gasteiger partial charge in [0.1, 0.15) is 0 Å². The SMILES string of the molecule is O=C(c1ccc(C2CCCCC2)cc1)N1CCN(C(=O)c2ccc3nc[nH]c3c2)CC1. The Hall–Kier alpha value is -3.15. The summed E-state index contributed by atoms with van der Waals surface area (Å²) < 4.78 is 0. The molecule has 1 aromatic heterocycles. The number of piperazine rings is 1. The van der Waals surface area contributed by atoms with Gasteiger partial charge in [0.15, 0.2) is 0 Å². The van der Waals surface area contributed by atoms with E-state index in [1.807, 2.05) is 40.1 Å². The summed E-state index contributed by atoms with van der Waals surface area (Å²) in [5.41, 5.74) is 4.46. The molecule has 3 aromatic rings. The first-order valence-electron chi connectivity index (χ1n) is 11.3. The second kappa shape index (κ2) is 8.53. The molecule has 2 heterocycles. The van der Waals surface area contributed by atoms with Crippen molar-refractivity contribution in [3.05, 3.63) is 65.5 Å². The highest BCUT2D eigenvalue weighted by Crippen LogP contribution is 2.32. The van der Waals surface area contributed by atoms with Crippen molar-refractivity contribution in [3.8, 4) is 0 Å². The first kappa shape index (κ1) is 19.8. The van der Waals surface area contributed by atoms with Crippen LogP contribution in [0.15, 0.2) is 48.8 Å². The number of H-pyrrole nitrogens is 1. The topological polar surface area (TPSA) is 69.3 Å². The molecule has 160 valence electrons. The van der Waals surface area contributed by atoms with Gasteiger partial charge in [-0.25, -0.2) is 4.98 Å². The number of hydrogen-bond donors (Lipinski definition) is 1. The minimum absolute atomic E-state index is 0.000402. The summed E-state index contributed by atoms with van der Waals surface area (Å²) in [5, 5.41) is 0. The van der Waals surface area contributed by atoms with Crippen molar-refractivity contribution < 1.29 is 9.59 Å². The van der Waals surface area contributed by atoms with Gasteiger partial charge in [-0.2, -0.15) is 0 Å². The van der Waals surface area contributed by atoms with Crippen LogP contribution in [0.3, 0.4) is 0 Å². The lowest BCUT2D eigenvalue weighted by Crippen LogP contribution is -2.50. The second-order valence-corrected chi connectivity index (χ2v) is 8.68. The Morgan fingerprint density at radius 1 is 0.806 bits per heavy atom. The average molecular weight is 417 g/mol. The van der Waals surface area contributed by atoms with Gasteiger partial charge in [0.05, 0.1) is 17.4 Å². The zero-order valence-electron chi connectivity index (χ0n) is 17.7. The number of aromatic amines is 1. The van der Waals surface area contributed by atoms with E-state index in [1.54, 1.807) is 6.33 Å². The fourth-order valence-corrected chi connectivity index (χ4v) is 4.88. The predicted molar refractivity (Wildman–Crippen MR) is 120 cm³/mol. The monoisotopic (exact) mass is 416 g/mol. The van der Waals surface area contributed by atoms with Gasteiger partial charge in [0, 0.05) is 37.3 Å². The van der Waals surface area contributed by atoms with E-state index < -0.39 is 0 Å². The highest BCUT2D eigenvalue weighted by Gasteiger charge is 2.26. The minimum Gasteiger partial charge on any atom is -0.345 e. The Bertz CT molecular complexity index is 1070. The zero-order chi connectivity index (χ0) is 21.2. The second-order valence-electron chi connectivity index (χ2n) is 8.68. The Kier molecular flexibility index (Phi) is 5.45. The van der Waals surface area contributed by atoms with Gasteiger partial charge >= 0.3 is 0 Å². The minimum atomic E-state index is 0.000402. The average Bonchev–Trinajstić information content (AvgIpc) is 3.32. The van der Waals surface area contributed by atoms with Crippen LogP contribution in [0.4, 0.5) is 0 Å². The van der Waals surface area contributed by atoms with Gasteiger partial charge < -0.3 is 14.8 Å². The van der Waals surface area contributed by atoms with Crippen LogP contribution in [-0.4, -0.2) is 57.8 Å². The van der Waals surface area contributed by atoms with Crippen molar-refractivity contribution in [1.29, 1.82) is 0 Å². The van der Waals surface area contributed by atoms with Crippen molar-refractivity contribution >= 4 is 22.8 Å². The number of carbonyl (C=O) groups excluding carboxylic acids is 2. The van der Waals surface area contributed by atoms with E-state index in [1.165, 1.54) is 37.7 Å². The molecule has 6 heteroatoms. The maximum atomic E-state index is 13.0. The van der Waals surface area contributed by atoms with Crippen LogP contribution in [0.25, 0.3) is 11.0 Å². The molecule has 2 aromatic carbocycles. The summed E-state index contributed by atoms with van der Waals surface area (Å²) in [6.45, 7) is 2.21. The molecule has 1 saturated heterocycles. The first-order chi connectivity index (χ1) is 15.2. The largest absolute Gasteiger partial charge is 0.345 e. The Morgan fingerprint density at radius 2 is 1.42 bits per heavy atom. The predicted octanol–water partition coefficient (Wildman–Crippen LogP) is 4.21. The first-order valence-corrected chi connectivity index (χ1v) is 11.3. The summed E-state index contributed by atoms with van der Waals surface area (Å²) in [6, 6.07) is 13.7. The van der Waals surface area contributed by atoms with E-state index in [9.17, 15) is 9.59 Å². The smallest absolute Gasteiger partial charge is 0.254 e. The van der Waals surface area contributed by atoms with Gasteiger partial charge in [0.25, 0.3) is 11.8 Å². The number of fused-ring (bicyclic) bond motifs is 1. The molecule has 1 saturated carbocycles. The number of hydrogen-bond acceptors (Lipinski definition) is 3. The number of aromatic nitrogens is 2. The highest BCUT2D eigenvalue weighted by molar-refractivity contribution is 5.98. The van der Waals surface area contributed by atoms with Crippen molar-refractivity contribution in [3.63, 3.8) is 0 Å². The van der Waals surface area contributed by atoms with E-state index in [0.29, 0.717) is 37.7 Å². The molecule has 1 aliphatic heterocycles. The number of benzene rings is 2. The molecule has 0 spiro atoms. The van der Waals surface area contributed by atoms with Crippen LogP contribution in [0, 0.1) is 0 Å². The van der Waals surface area contributed by atoms with Gasteiger partial charge in [-0.15, -0.1) is 0 Å². The van der Waals surface area contributed by atoms with Crippen LogP contribution < -0.4 is 0 Å². The van der Waals surface area contributed by atoms with Gasteiger partial charge in [-0.3, -0.25) is 9.59 Å². The van der Waals surface area contributed by atoms with E-state index in [2.05, 4.69) is 22.1 Å².